The lowest BCUT2D eigenvalue weighted by Crippen LogP contribution is -2.38. The Balaban J connectivity index is 1.55. The van der Waals surface area contributed by atoms with Crippen LogP contribution < -0.4 is 5.32 Å². The average molecular weight is 334 g/mol. The Morgan fingerprint density at radius 1 is 1.50 bits per heavy atom. The predicted octanol–water partition coefficient (Wildman–Crippen LogP) is 2.65. The molecule has 0 aliphatic carbocycles. The summed E-state index contributed by atoms with van der Waals surface area (Å²) in [5, 5.41) is 6.06. The van der Waals surface area contributed by atoms with E-state index in [0.29, 0.717) is 5.82 Å². The summed E-state index contributed by atoms with van der Waals surface area (Å²) >= 11 is 3.42. The number of aromatic nitrogens is 2. The van der Waals surface area contributed by atoms with Gasteiger partial charge in [-0.2, -0.15) is 0 Å². The van der Waals surface area contributed by atoms with Gasteiger partial charge in [0.2, 0.25) is 5.91 Å². The number of thioether (sulfide) groups is 1. The number of amides is 1. The fraction of sp³-hybridized carbons (Fsp3) is 0.400. The molecule has 0 atom stereocenters. The maximum absolute atomic E-state index is 12.3. The number of fused-ring (bicyclic) bond motifs is 1. The van der Waals surface area contributed by atoms with E-state index in [1.807, 2.05) is 4.90 Å². The molecule has 116 valence electrons. The van der Waals surface area contributed by atoms with Gasteiger partial charge in [-0.15, -0.1) is 23.1 Å². The molecule has 0 fully saturated rings. The molecule has 3 rings (SSSR count). The van der Waals surface area contributed by atoms with Gasteiger partial charge in [-0.3, -0.25) is 9.78 Å². The lowest BCUT2D eigenvalue weighted by atomic mass is 10.1. The van der Waals surface area contributed by atoms with Crippen LogP contribution in [0.1, 0.15) is 17.4 Å². The number of hydrogen-bond acceptors (Lipinski definition) is 6. The van der Waals surface area contributed by atoms with Crippen LogP contribution in [0.25, 0.3) is 0 Å². The zero-order valence-corrected chi connectivity index (χ0v) is 14.0. The number of carbonyl (C=O) groups excluding carboxylic acids is 1. The topological polar surface area (TPSA) is 58.1 Å². The van der Waals surface area contributed by atoms with E-state index in [1.165, 1.54) is 10.4 Å². The van der Waals surface area contributed by atoms with Gasteiger partial charge in [0.15, 0.2) is 0 Å². The third-order valence-electron chi connectivity index (χ3n) is 3.49. The first-order chi connectivity index (χ1) is 10.8. The number of anilines is 1. The van der Waals surface area contributed by atoms with Crippen molar-refractivity contribution in [2.45, 2.75) is 24.9 Å². The third-order valence-corrected chi connectivity index (χ3v) is 5.29. The first-order valence-electron chi connectivity index (χ1n) is 7.28. The van der Waals surface area contributed by atoms with Crippen molar-refractivity contribution in [3.05, 3.63) is 34.3 Å². The fourth-order valence-electron chi connectivity index (χ4n) is 2.39. The molecule has 5 nitrogen and oxygen atoms in total. The zero-order chi connectivity index (χ0) is 15.4. The van der Waals surface area contributed by atoms with Gasteiger partial charge < -0.3 is 10.2 Å². The Hall–Kier alpha value is -1.60. The van der Waals surface area contributed by atoms with Crippen molar-refractivity contribution in [2.24, 2.45) is 0 Å². The molecular weight excluding hydrogens is 316 g/mol. The molecule has 0 unspecified atom stereocenters. The molecular formula is C15H18N4OS2. The van der Waals surface area contributed by atoms with E-state index in [9.17, 15) is 4.79 Å². The summed E-state index contributed by atoms with van der Waals surface area (Å²) in [6.07, 6.45) is 4.35. The lowest BCUT2D eigenvalue weighted by Gasteiger charge is -2.27. The number of thiophene rings is 1. The molecule has 2 aromatic rings. The summed E-state index contributed by atoms with van der Waals surface area (Å²) in [4.78, 5) is 24.2. The minimum atomic E-state index is 0.104. The van der Waals surface area contributed by atoms with E-state index in [4.69, 9.17) is 0 Å². The van der Waals surface area contributed by atoms with Crippen molar-refractivity contribution in [3.8, 4) is 0 Å². The molecule has 0 bridgehead atoms. The van der Waals surface area contributed by atoms with E-state index >= 15 is 0 Å². The Morgan fingerprint density at radius 2 is 2.41 bits per heavy atom. The summed E-state index contributed by atoms with van der Waals surface area (Å²) in [7, 11) is 0. The SMILES string of the molecule is CCSc1cncc(NCC(=O)N2CCc3sccc3C2)n1. The van der Waals surface area contributed by atoms with E-state index in [-0.39, 0.29) is 12.5 Å². The smallest absolute Gasteiger partial charge is 0.242 e. The van der Waals surface area contributed by atoms with Gasteiger partial charge in [0.05, 0.1) is 18.9 Å². The highest BCUT2D eigenvalue weighted by Gasteiger charge is 2.21. The van der Waals surface area contributed by atoms with Gasteiger partial charge in [0.1, 0.15) is 10.8 Å². The second-order valence-electron chi connectivity index (χ2n) is 4.96. The monoisotopic (exact) mass is 334 g/mol. The number of rotatable bonds is 5. The molecule has 22 heavy (non-hydrogen) atoms. The second kappa shape index (κ2) is 7.11. The molecule has 0 saturated carbocycles. The number of nitrogens with zero attached hydrogens (tertiary/aromatic N) is 3. The summed E-state index contributed by atoms with van der Waals surface area (Å²) in [5.41, 5.74) is 1.28. The van der Waals surface area contributed by atoms with Crippen LogP contribution in [0.2, 0.25) is 0 Å². The van der Waals surface area contributed by atoms with E-state index in [1.54, 1.807) is 35.5 Å². The molecule has 1 aliphatic heterocycles. The first-order valence-corrected chi connectivity index (χ1v) is 9.14. The van der Waals surface area contributed by atoms with E-state index in [2.05, 4.69) is 33.7 Å². The number of carbonyl (C=O) groups is 1. The molecule has 1 N–H and O–H groups in total. The predicted molar refractivity (Wildman–Crippen MR) is 90.4 cm³/mol. The highest BCUT2D eigenvalue weighted by Crippen LogP contribution is 2.24. The first kappa shape index (κ1) is 15.3. The highest BCUT2D eigenvalue weighted by atomic mass is 32.2. The van der Waals surface area contributed by atoms with Crippen LogP contribution in [0.4, 0.5) is 5.82 Å². The Bertz CT molecular complexity index is 658. The number of hydrogen-bond donors (Lipinski definition) is 1. The lowest BCUT2D eigenvalue weighted by molar-refractivity contribution is -0.130. The maximum Gasteiger partial charge on any atom is 0.242 e. The van der Waals surface area contributed by atoms with Crippen molar-refractivity contribution >= 4 is 34.8 Å². The fourth-order valence-corrected chi connectivity index (χ4v) is 3.87. The minimum Gasteiger partial charge on any atom is -0.360 e. The summed E-state index contributed by atoms with van der Waals surface area (Å²) in [6.45, 7) is 3.85. The van der Waals surface area contributed by atoms with E-state index < -0.39 is 0 Å². The summed E-state index contributed by atoms with van der Waals surface area (Å²) in [6, 6.07) is 2.11. The van der Waals surface area contributed by atoms with Crippen LogP contribution in [0.15, 0.2) is 28.9 Å². The molecule has 7 heteroatoms. The molecule has 1 amide bonds. The molecule has 1 aliphatic rings. The molecule has 0 aromatic carbocycles. The van der Waals surface area contributed by atoms with Crippen molar-refractivity contribution < 1.29 is 4.79 Å². The standard InChI is InChI=1S/C15H18N4OS2/c1-2-21-14-8-16-7-13(18-14)17-9-15(20)19-5-3-12-11(10-19)4-6-22-12/h4,6-8H,2-3,5,9-10H2,1H3,(H,17,18). The van der Waals surface area contributed by atoms with Crippen molar-refractivity contribution in [1.82, 2.24) is 14.9 Å². The van der Waals surface area contributed by atoms with Crippen molar-refractivity contribution in [3.63, 3.8) is 0 Å². The van der Waals surface area contributed by atoms with Crippen LogP contribution in [-0.4, -0.2) is 39.6 Å². The third kappa shape index (κ3) is 3.59. The van der Waals surface area contributed by atoms with Gasteiger partial charge in [0.25, 0.3) is 0 Å². The largest absolute Gasteiger partial charge is 0.360 e. The van der Waals surface area contributed by atoms with Gasteiger partial charge in [-0.05, 0) is 29.2 Å². The van der Waals surface area contributed by atoms with Gasteiger partial charge in [-0.25, -0.2) is 4.98 Å². The quantitative estimate of drug-likeness (QED) is 0.852. The van der Waals surface area contributed by atoms with Crippen LogP contribution in [0, 0.1) is 0 Å². The van der Waals surface area contributed by atoms with Crippen LogP contribution in [0.5, 0.6) is 0 Å². The van der Waals surface area contributed by atoms with Crippen LogP contribution in [0.3, 0.4) is 0 Å². The normalized spacial score (nSPS) is 13.8. The van der Waals surface area contributed by atoms with Crippen molar-refractivity contribution in [1.29, 1.82) is 0 Å². The number of nitrogens with one attached hydrogen (secondary N) is 1. The van der Waals surface area contributed by atoms with Gasteiger partial charge in [0, 0.05) is 18.0 Å². The van der Waals surface area contributed by atoms with Crippen molar-refractivity contribution in [2.75, 3.05) is 24.2 Å². The Labute approximate surface area is 138 Å². The summed E-state index contributed by atoms with van der Waals surface area (Å²) in [5.74, 6) is 1.71. The zero-order valence-electron chi connectivity index (χ0n) is 12.4. The minimum absolute atomic E-state index is 0.104. The second-order valence-corrected chi connectivity index (χ2v) is 7.25. The highest BCUT2D eigenvalue weighted by molar-refractivity contribution is 7.99. The average Bonchev–Trinajstić information content (AvgIpc) is 3.01. The Morgan fingerprint density at radius 3 is 3.27 bits per heavy atom. The molecule has 0 saturated heterocycles. The Kier molecular flexibility index (Phi) is 4.94. The van der Waals surface area contributed by atoms with Crippen LogP contribution >= 0.6 is 23.1 Å². The molecule has 0 radical (unpaired) electrons. The molecule has 3 heterocycles. The molecule has 2 aromatic heterocycles. The summed E-state index contributed by atoms with van der Waals surface area (Å²) < 4.78 is 0. The van der Waals surface area contributed by atoms with Gasteiger partial charge >= 0.3 is 0 Å². The maximum atomic E-state index is 12.3. The molecule has 0 spiro atoms. The van der Waals surface area contributed by atoms with E-state index in [0.717, 1.165) is 30.3 Å². The van der Waals surface area contributed by atoms with Gasteiger partial charge in [-0.1, -0.05) is 6.92 Å². The van der Waals surface area contributed by atoms with Crippen LogP contribution in [-0.2, 0) is 17.8 Å².